The number of rotatable bonds is 8. The van der Waals surface area contributed by atoms with Gasteiger partial charge in [0.1, 0.15) is 0 Å². The molecule has 0 aliphatic rings. The molecule has 3 heterocycles. The summed E-state index contributed by atoms with van der Waals surface area (Å²) in [5.41, 5.74) is 2.30. The van der Waals surface area contributed by atoms with Gasteiger partial charge >= 0.3 is 0 Å². The predicted octanol–water partition coefficient (Wildman–Crippen LogP) is 2.44. The number of thiophene rings is 1. The van der Waals surface area contributed by atoms with Crippen LogP contribution in [0.5, 0.6) is 0 Å². The largest absolute Gasteiger partial charge is 0.351 e. The molecule has 0 saturated carbocycles. The molecule has 0 saturated heterocycles. The highest BCUT2D eigenvalue weighted by Gasteiger charge is 2.11. The first-order valence-electron chi connectivity index (χ1n) is 7.81. The lowest BCUT2D eigenvalue weighted by atomic mass is 10.3. The Labute approximate surface area is 144 Å². The van der Waals surface area contributed by atoms with Crippen molar-refractivity contribution in [3.05, 3.63) is 59.4 Å². The first-order chi connectivity index (χ1) is 11.8. The summed E-state index contributed by atoms with van der Waals surface area (Å²) in [7, 11) is 0. The summed E-state index contributed by atoms with van der Waals surface area (Å²) in [6, 6.07) is 11.6. The zero-order valence-corrected chi connectivity index (χ0v) is 14.0. The zero-order chi connectivity index (χ0) is 16.6. The van der Waals surface area contributed by atoms with E-state index in [4.69, 9.17) is 0 Å². The average molecular weight is 341 g/mol. The molecule has 3 aromatic rings. The Morgan fingerprint density at radius 1 is 1.21 bits per heavy atom. The number of carbonyl (C=O) groups excluding carboxylic acids is 1. The highest BCUT2D eigenvalue weighted by molar-refractivity contribution is 7.13. The number of carbonyl (C=O) groups is 1. The Morgan fingerprint density at radius 3 is 2.96 bits per heavy atom. The van der Waals surface area contributed by atoms with E-state index >= 15 is 0 Å². The Bertz CT molecular complexity index is 754. The van der Waals surface area contributed by atoms with E-state index in [9.17, 15) is 4.79 Å². The van der Waals surface area contributed by atoms with Crippen molar-refractivity contribution < 1.29 is 4.79 Å². The summed E-state index contributed by atoms with van der Waals surface area (Å²) in [5.74, 6) is -0.154. The molecule has 0 unspecified atom stereocenters. The fraction of sp³-hybridized carbons (Fsp3) is 0.235. The van der Waals surface area contributed by atoms with E-state index < -0.39 is 0 Å². The van der Waals surface area contributed by atoms with Crippen molar-refractivity contribution in [2.45, 2.75) is 13.0 Å². The van der Waals surface area contributed by atoms with Gasteiger partial charge in [0.25, 0.3) is 5.91 Å². The minimum absolute atomic E-state index is 0.154. The second kappa shape index (κ2) is 8.37. The van der Waals surface area contributed by atoms with Crippen LogP contribution >= 0.6 is 11.3 Å². The van der Waals surface area contributed by atoms with Gasteiger partial charge in [0.2, 0.25) is 0 Å². The second-order valence-corrected chi connectivity index (χ2v) is 6.20. The van der Waals surface area contributed by atoms with E-state index in [0.717, 1.165) is 35.8 Å². The third-order valence-corrected chi connectivity index (χ3v) is 4.35. The summed E-state index contributed by atoms with van der Waals surface area (Å²) in [4.78, 5) is 17.4. The van der Waals surface area contributed by atoms with Crippen LogP contribution in [-0.2, 0) is 6.54 Å². The smallest absolute Gasteiger partial charge is 0.271 e. The molecule has 0 aromatic carbocycles. The van der Waals surface area contributed by atoms with Crippen molar-refractivity contribution in [1.29, 1.82) is 0 Å². The predicted molar refractivity (Wildman–Crippen MR) is 94.8 cm³/mol. The van der Waals surface area contributed by atoms with Gasteiger partial charge in [0.15, 0.2) is 5.69 Å². The molecule has 1 amide bonds. The second-order valence-electron chi connectivity index (χ2n) is 5.25. The highest BCUT2D eigenvalue weighted by Crippen LogP contribution is 2.22. The van der Waals surface area contributed by atoms with Gasteiger partial charge in [-0.1, -0.05) is 12.1 Å². The number of H-pyrrole nitrogens is 1. The van der Waals surface area contributed by atoms with E-state index in [0.29, 0.717) is 12.2 Å². The maximum atomic E-state index is 12.1. The molecule has 7 heteroatoms. The number of nitrogens with one attached hydrogen (secondary N) is 3. The average Bonchev–Trinajstić information content (AvgIpc) is 3.29. The molecule has 0 fully saturated rings. The van der Waals surface area contributed by atoms with Crippen molar-refractivity contribution in [3.63, 3.8) is 0 Å². The topological polar surface area (TPSA) is 82.7 Å². The van der Waals surface area contributed by atoms with Gasteiger partial charge in [0.05, 0.1) is 16.3 Å². The van der Waals surface area contributed by atoms with Crippen molar-refractivity contribution in [2.24, 2.45) is 0 Å². The maximum absolute atomic E-state index is 12.1. The molecule has 6 nitrogen and oxygen atoms in total. The van der Waals surface area contributed by atoms with Gasteiger partial charge < -0.3 is 10.6 Å². The van der Waals surface area contributed by atoms with Gasteiger partial charge in [0, 0.05) is 19.3 Å². The number of hydrogen-bond acceptors (Lipinski definition) is 5. The summed E-state index contributed by atoms with van der Waals surface area (Å²) in [5, 5.41) is 15.2. The molecular weight excluding hydrogens is 322 g/mol. The minimum atomic E-state index is -0.154. The van der Waals surface area contributed by atoms with Crippen LogP contribution in [0.2, 0.25) is 0 Å². The molecule has 3 N–H and O–H groups in total. The summed E-state index contributed by atoms with van der Waals surface area (Å²) >= 11 is 1.61. The number of nitrogens with zero attached hydrogens (tertiary/aromatic N) is 2. The van der Waals surface area contributed by atoms with Crippen LogP contribution in [0.3, 0.4) is 0 Å². The van der Waals surface area contributed by atoms with Gasteiger partial charge in [-0.25, -0.2) is 0 Å². The maximum Gasteiger partial charge on any atom is 0.271 e. The molecule has 0 aliphatic heterocycles. The standard InChI is InChI=1S/C17H19N5OS/c23-17(15-11-14(21-22-15)16-6-3-10-24-16)20-9-4-7-18-12-13-5-1-2-8-19-13/h1-3,5-6,8,10-11,18H,4,7,9,12H2,(H,20,23)(H,21,22). The fourth-order valence-corrected chi connectivity index (χ4v) is 2.91. The van der Waals surface area contributed by atoms with Crippen LogP contribution in [0.1, 0.15) is 22.6 Å². The van der Waals surface area contributed by atoms with E-state index in [2.05, 4.69) is 25.8 Å². The minimum Gasteiger partial charge on any atom is -0.351 e. The molecule has 3 rings (SSSR count). The quantitative estimate of drug-likeness (QED) is 0.550. The van der Waals surface area contributed by atoms with Crippen molar-refractivity contribution in [2.75, 3.05) is 13.1 Å². The molecule has 0 bridgehead atoms. The van der Waals surface area contributed by atoms with Crippen molar-refractivity contribution in [3.8, 4) is 10.6 Å². The van der Waals surface area contributed by atoms with Crippen molar-refractivity contribution in [1.82, 2.24) is 25.8 Å². The van der Waals surface area contributed by atoms with E-state index in [1.807, 2.05) is 35.7 Å². The van der Waals surface area contributed by atoms with Crippen LogP contribution in [0.4, 0.5) is 0 Å². The Morgan fingerprint density at radius 2 is 2.17 bits per heavy atom. The lowest BCUT2D eigenvalue weighted by Crippen LogP contribution is -2.27. The third-order valence-electron chi connectivity index (χ3n) is 3.45. The number of amides is 1. The number of aromatic amines is 1. The molecule has 0 radical (unpaired) electrons. The van der Waals surface area contributed by atoms with E-state index in [-0.39, 0.29) is 5.91 Å². The Kier molecular flexibility index (Phi) is 5.70. The van der Waals surface area contributed by atoms with E-state index in [1.165, 1.54) is 0 Å². The first-order valence-corrected chi connectivity index (χ1v) is 8.69. The molecule has 0 aliphatic carbocycles. The third kappa shape index (κ3) is 4.50. The SMILES string of the molecule is O=C(NCCCNCc1ccccn1)c1cc(-c2cccs2)[nH]n1. The van der Waals surface area contributed by atoms with Crippen LogP contribution in [0, 0.1) is 0 Å². The van der Waals surface area contributed by atoms with Crippen molar-refractivity contribution >= 4 is 17.2 Å². The molecule has 0 atom stereocenters. The number of pyridine rings is 1. The number of aromatic nitrogens is 3. The molecule has 124 valence electrons. The van der Waals surface area contributed by atoms with Gasteiger partial charge in [-0.2, -0.15) is 5.10 Å². The van der Waals surface area contributed by atoms with E-state index in [1.54, 1.807) is 23.6 Å². The zero-order valence-electron chi connectivity index (χ0n) is 13.2. The molecule has 24 heavy (non-hydrogen) atoms. The summed E-state index contributed by atoms with van der Waals surface area (Å²) < 4.78 is 0. The van der Waals surface area contributed by atoms with Gasteiger partial charge in [-0.3, -0.25) is 14.9 Å². The van der Waals surface area contributed by atoms with Crippen LogP contribution in [-0.4, -0.2) is 34.2 Å². The molecule has 3 aromatic heterocycles. The van der Waals surface area contributed by atoms with Crippen LogP contribution < -0.4 is 10.6 Å². The van der Waals surface area contributed by atoms with Crippen LogP contribution in [0.15, 0.2) is 48.0 Å². The normalized spacial score (nSPS) is 10.7. The molecular formula is C17H19N5OS. The molecule has 0 spiro atoms. The Balaban J connectivity index is 1.35. The summed E-state index contributed by atoms with van der Waals surface area (Å²) in [6.45, 7) is 2.16. The van der Waals surface area contributed by atoms with Gasteiger partial charge in [-0.05, 0) is 42.6 Å². The van der Waals surface area contributed by atoms with Gasteiger partial charge in [-0.15, -0.1) is 11.3 Å². The first kappa shape index (κ1) is 16.4. The lowest BCUT2D eigenvalue weighted by Gasteiger charge is -2.05. The highest BCUT2D eigenvalue weighted by atomic mass is 32.1. The Hall–Kier alpha value is -2.51. The number of hydrogen-bond donors (Lipinski definition) is 3. The fourth-order valence-electron chi connectivity index (χ4n) is 2.22. The lowest BCUT2D eigenvalue weighted by molar-refractivity contribution is 0.0948. The summed E-state index contributed by atoms with van der Waals surface area (Å²) in [6.07, 6.45) is 2.63. The monoisotopic (exact) mass is 341 g/mol. The van der Waals surface area contributed by atoms with Crippen LogP contribution in [0.25, 0.3) is 10.6 Å².